The summed E-state index contributed by atoms with van der Waals surface area (Å²) in [6, 6.07) is 3.76. The molecule has 0 amide bonds. The minimum atomic E-state index is -2.87. The number of furan rings is 1. The molecule has 1 saturated heterocycles. The number of sulfone groups is 1. The van der Waals surface area contributed by atoms with Gasteiger partial charge in [0.1, 0.15) is 5.76 Å². The average molecular weight is 257 g/mol. The topological polar surface area (TPSA) is 59.3 Å². The highest BCUT2D eigenvalue weighted by Crippen LogP contribution is 2.35. The number of nitrogens with one attached hydrogen (secondary N) is 1. The van der Waals surface area contributed by atoms with Crippen LogP contribution in [0.5, 0.6) is 0 Å². The molecule has 5 heteroatoms. The Hall–Kier alpha value is -0.810. The quantitative estimate of drug-likeness (QED) is 0.862. The minimum Gasteiger partial charge on any atom is -0.469 e. The van der Waals surface area contributed by atoms with Crippen LogP contribution >= 0.6 is 0 Å². The zero-order valence-electron chi connectivity index (χ0n) is 10.1. The van der Waals surface area contributed by atoms with E-state index in [2.05, 4.69) is 5.32 Å². The second-order valence-electron chi connectivity index (χ2n) is 4.88. The van der Waals surface area contributed by atoms with E-state index in [1.165, 1.54) is 0 Å². The first-order valence-corrected chi connectivity index (χ1v) is 7.81. The van der Waals surface area contributed by atoms with E-state index in [1.54, 1.807) is 6.26 Å². The lowest BCUT2D eigenvalue weighted by Crippen LogP contribution is -2.37. The van der Waals surface area contributed by atoms with E-state index >= 15 is 0 Å². The highest BCUT2D eigenvalue weighted by atomic mass is 32.2. The fourth-order valence-electron chi connectivity index (χ4n) is 2.50. The van der Waals surface area contributed by atoms with E-state index in [9.17, 15) is 8.42 Å². The van der Waals surface area contributed by atoms with Gasteiger partial charge in [0.2, 0.25) is 0 Å². The second-order valence-corrected chi connectivity index (χ2v) is 7.06. The number of hydrogen-bond acceptors (Lipinski definition) is 4. The van der Waals surface area contributed by atoms with Crippen LogP contribution in [0.2, 0.25) is 0 Å². The van der Waals surface area contributed by atoms with Gasteiger partial charge in [-0.05, 0) is 25.1 Å². The van der Waals surface area contributed by atoms with E-state index in [0.717, 1.165) is 25.3 Å². The van der Waals surface area contributed by atoms with Crippen molar-refractivity contribution in [1.29, 1.82) is 0 Å². The van der Waals surface area contributed by atoms with Crippen LogP contribution in [-0.2, 0) is 16.3 Å². The lowest BCUT2D eigenvalue weighted by molar-refractivity contribution is 0.290. The van der Waals surface area contributed by atoms with Crippen LogP contribution in [0.4, 0.5) is 0 Å². The molecule has 2 rings (SSSR count). The number of hydrogen-bond donors (Lipinski definition) is 1. The van der Waals surface area contributed by atoms with Crippen LogP contribution in [0.25, 0.3) is 0 Å². The lowest BCUT2D eigenvalue weighted by Gasteiger charge is -2.26. The smallest absolute Gasteiger partial charge is 0.150 e. The van der Waals surface area contributed by atoms with Crippen molar-refractivity contribution in [3.8, 4) is 0 Å². The van der Waals surface area contributed by atoms with Gasteiger partial charge >= 0.3 is 0 Å². The van der Waals surface area contributed by atoms with Gasteiger partial charge in [-0.2, -0.15) is 0 Å². The molecular weight excluding hydrogens is 238 g/mol. The molecule has 2 heterocycles. The molecule has 4 nitrogen and oxygen atoms in total. The highest BCUT2D eigenvalue weighted by molar-refractivity contribution is 7.91. The normalized spacial score (nSPS) is 27.4. The molecule has 1 aromatic heterocycles. The summed E-state index contributed by atoms with van der Waals surface area (Å²) in [6.07, 6.45) is 3.06. The maximum absolute atomic E-state index is 11.7. The van der Waals surface area contributed by atoms with Crippen molar-refractivity contribution in [2.45, 2.75) is 19.8 Å². The third-order valence-electron chi connectivity index (χ3n) is 3.35. The van der Waals surface area contributed by atoms with Crippen LogP contribution in [0, 0.1) is 5.41 Å². The van der Waals surface area contributed by atoms with Crippen molar-refractivity contribution >= 4 is 9.84 Å². The van der Waals surface area contributed by atoms with Crippen LogP contribution in [0.15, 0.2) is 22.8 Å². The Kier molecular flexibility index (Phi) is 3.58. The molecule has 0 spiro atoms. The Balaban J connectivity index is 2.13. The zero-order valence-corrected chi connectivity index (χ0v) is 10.9. The molecule has 1 aromatic rings. The highest BCUT2D eigenvalue weighted by Gasteiger charge is 2.42. The van der Waals surface area contributed by atoms with Crippen molar-refractivity contribution in [1.82, 2.24) is 5.32 Å². The fourth-order valence-corrected chi connectivity index (χ4v) is 4.67. The molecule has 1 N–H and O–H groups in total. The summed E-state index contributed by atoms with van der Waals surface area (Å²) in [4.78, 5) is 0. The van der Waals surface area contributed by atoms with E-state index in [0.29, 0.717) is 12.2 Å². The average Bonchev–Trinajstić information content (AvgIpc) is 2.85. The second kappa shape index (κ2) is 4.82. The van der Waals surface area contributed by atoms with Gasteiger partial charge in [-0.25, -0.2) is 8.42 Å². The summed E-state index contributed by atoms with van der Waals surface area (Å²) in [5.74, 6) is 1.45. The van der Waals surface area contributed by atoms with E-state index in [1.807, 2.05) is 19.1 Å². The molecule has 1 aliphatic rings. The van der Waals surface area contributed by atoms with Crippen LogP contribution in [0.3, 0.4) is 0 Å². The molecule has 1 atom stereocenters. The molecule has 1 aliphatic heterocycles. The fraction of sp³-hybridized carbons (Fsp3) is 0.667. The Morgan fingerprint density at radius 2 is 2.35 bits per heavy atom. The Morgan fingerprint density at radius 3 is 2.88 bits per heavy atom. The van der Waals surface area contributed by atoms with Gasteiger partial charge < -0.3 is 9.73 Å². The molecule has 96 valence electrons. The van der Waals surface area contributed by atoms with Gasteiger partial charge in [0.05, 0.1) is 17.8 Å². The molecule has 1 unspecified atom stereocenters. The van der Waals surface area contributed by atoms with Gasteiger partial charge in [0.15, 0.2) is 9.84 Å². The summed E-state index contributed by atoms with van der Waals surface area (Å²) in [5, 5.41) is 3.28. The first kappa shape index (κ1) is 12.6. The van der Waals surface area contributed by atoms with Crippen molar-refractivity contribution < 1.29 is 12.8 Å². The molecule has 1 fully saturated rings. The van der Waals surface area contributed by atoms with Gasteiger partial charge in [-0.3, -0.25) is 0 Å². The first-order chi connectivity index (χ1) is 8.05. The van der Waals surface area contributed by atoms with Crippen LogP contribution in [0.1, 0.15) is 19.1 Å². The largest absolute Gasteiger partial charge is 0.469 e. The summed E-state index contributed by atoms with van der Waals surface area (Å²) in [5.41, 5.74) is -0.188. The van der Waals surface area contributed by atoms with Gasteiger partial charge in [0, 0.05) is 18.4 Å². The van der Waals surface area contributed by atoms with E-state index in [-0.39, 0.29) is 11.2 Å². The summed E-state index contributed by atoms with van der Waals surface area (Å²) in [6.45, 7) is 3.63. The summed E-state index contributed by atoms with van der Waals surface area (Å²) in [7, 11) is -2.87. The standard InChI is InChI=1S/C12H19NO3S/c1-2-13-9-12(5-7-17(14,15)10-12)8-11-4-3-6-16-11/h3-4,6,13H,2,5,7-10H2,1H3. The summed E-state index contributed by atoms with van der Waals surface area (Å²) < 4.78 is 28.7. The maximum atomic E-state index is 11.7. The molecular formula is C12H19NO3S. The van der Waals surface area contributed by atoms with Crippen molar-refractivity contribution in [3.05, 3.63) is 24.2 Å². The lowest BCUT2D eigenvalue weighted by atomic mass is 9.83. The van der Waals surface area contributed by atoms with E-state index in [4.69, 9.17) is 4.42 Å². The summed E-state index contributed by atoms with van der Waals surface area (Å²) >= 11 is 0. The van der Waals surface area contributed by atoms with Crippen molar-refractivity contribution in [2.75, 3.05) is 24.6 Å². The minimum absolute atomic E-state index is 0.188. The molecule has 0 aliphatic carbocycles. The number of rotatable bonds is 5. The monoisotopic (exact) mass is 257 g/mol. The SMILES string of the molecule is CCNCC1(Cc2ccco2)CCS(=O)(=O)C1. The van der Waals surface area contributed by atoms with Crippen molar-refractivity contribution in [2.24, 2.45) is 5.41 Å². The van der Waals surface area contributed by atoms with Gasteiger partial charge in [0.25, 0.3) is 0 Å². The van der Waals surface area contributed by atoms with Crippen LogP contribution < -0.4 is 5.32 Å². The third kappa shape index (κ3) is 3.10. The van der Waals surface area contributed by atoms with Gasteiger partial charge in [-0.15, -0.1) is 0 Å². The van der Waals surface area contributed by atoms with E-state index < -0.39 is 9.84 Å². The Bertz CT molecular complexity index is 452. The Labute approximate surface area is 102 Å². The molecule has 0 saturated carbocycles. The zero-order chi connectivity index (χ0) is 12.4. The first-order valence-electron chi connectivity index (χ1n) is 5.99. The van der Waals surface area contributed by atoms with Crippen LogP contribution in [-0.4, -0.2) is 33.0 Å². The maximum Gasteiger partial charge on any atom is 0.150 e. The molecule has 17 heavy (non-hydrogen) atoms. The van der Waals surface area contributed by atoms with Gasteiger partial charge in [-0.1, -0.05) is 6.92 Å². The third-order valence-corrected chi connectivity index (χ3v) is 5.23. The Morgan fingerprint density at radius 1 is 1.53 bits per heavy atom. The molecule has 0 radical (unpaired) electrons. The molecule has 0 bridgehead atoms. The predicted octanol–water partition coefficient (Wildman–Crippen LogP) is 1.24. The molecule has 0 aromatic carbocycles. The van der Waals surface area contributed by atoms with Crippen molar-refractivity contribution in [3.63, 3.8) is 0 Å². The predicted molar refractivity (Wildman–Crippen MR) is 66.7 cm³/mol.